The highest BCUT2D eigenvalue weighted by molar-refractivity contribution is 6.75. The molecule has 5 heteroatoms. The number of unbranched alkanes of at least 4 members (excludes halogenated alkanes) is 12. The molecular formula is C29H56O4Si. The van der Waals surface area contributed by atoms with Gasteiger partial charge in [-0.3, -0.25) is 4.79 Å². The summed E-state index contributed by atoms with van der Waals surface area (Å²) in [5.41, 5.74) is 0.245. The average molecular weight is 497 g/mol. The largest absolute Gasteiger partial charge is 0.516 e. The fourth-order valence-electron chi connectivity index (χ4n) is 4.37. The number of hydrogen-bond acceptors (Lipinski definition) is 4. The second kappa shape index (κ2) is 22.4. The first-order valence-electron chi connectivity index (χ1n) is 14.5. The maximum atomic E-state index is 12.8. The van der Waals surface area contributed by atoms with Crippen LogP contribution in [0.1, 0.15) is 137 Å². The molecule has 0 aromatic rings. The topological polar surface area (TPSA) is 52.6 Å². The Morgan fingerprint density at radius 3 is 1.47 bits per heavy atom. The maximum Gasteiger partial charge on any atom is 0.320 e. The van der Waals surface area contributed by atoms with E-state index < -0.39 is 8.32 Å². The van der Waals surface area contributed by atoms with Crippen LogP contribution >= 0.6 is 0 Å². The second-order valence-electron chi connectivity index (χ2n) is 10.1. The molecule has 0 aliphatic carbocycles. The molecule has 0 aliphatic heterocycles. The summed E-state index contributed by atoms with van der Waals surface area (Å²) in [5, 5.41) is 0. The SMILES string of the molecule is C=C(CC(=O)OCCCCCCCCCCCC)C(=O)O[Si](CCCC)(CCCC)CCCC. The zero-order chi connectivity index (χ0) is 25.5. The number of esters is 1. The van der Waals surface area contributed by atoms with E-state index in [9.17, 15) is 9.59 Å². The van der Waals surface area contributed by atoms with Gasteiger partial charge in [0.05, 0.1) is 13.0 Å². The minimum absolute atomic E-state index is 0.0591. The van der Waals surface area contributed by atoms with Crippen molar-refractivity contribution < 1.29 is 18.8 Å². The fourth-order valence-corrected chi connectivity index (χ4v) is 8.95. The van der Waals surface area contributed by atoms with Crippen LogP contribution < -0.4 is 0 Å². The summed E-state index contributed by atoms with van der Waals surface area (Å²) in [6.45, 7) is 13.1. The van der Waals surface area contributed by atoms with Crippen molar-refractivity contribution in [3.05, 3.63) is 12.2 Å². The van der Waals surface area contributed by atoms with E-state index in [1.165, 1.54) is 51.4 Å². The van der Waals surface area contributed by atoms with Crippen LogP contribution in [-0.2, 0) is 18.8 Å². The summed E-state index contributed by atoms with van der Waals surface area (Å²) in [5.74, 6) is -0.730. The zero-order valence-electron chi connectivity index (χ0n) is 23.2. The van der Waals surface area contributed by atoms with Crippen LogP contribution in [0.5, 0.6) is 0 Å². The normalized spacial score (nSPS) is 11.4. The molecule has 0 aromatic carbocycles. The van der Waals surface area contributed by atoms with E-state index in [0.29, 0.717) is 6.61 Å². The number of rotatable bonds is 24. The second-order valence-corrected chi connectivity index (χ2v) is 14.1. The monoisotopic (exact) mass is 496 g/mol. The van der Waals surface area contributed by atoms with Crippen molar-refractivity contribution in [1.29, 1.82) is 0 Å². The summed E-state index contributed by atoms with van der Waals surface area (Å²) >= 11 is 0. The van der Waals surface area contributed by atoms with Crippen LogP contribution in [-0.4, -0.2) is 26.9 Å². The molecule has 0 saturated heterocycles. The van der Waals surface area contributed by atoms with Crippen molar-refractivity contribution in [3.8, 4) is 0 Å². The molecule has 0 heterocycles. The summed E-state index contributed by atoms with van der Waals surface area (Å²) in [6, 6.07) is 3.06. The molecule has 4 nitrogen and oxygen atoms in total. The van der Waals surface area contributed by atoms with Gasteiger partial charge in [0.1, 0.15) is 0 Å². The fraction of sp³-hybridized carbons (Fsp3) is 0.862. The van der Waals surface area contributed by atoms with Crippen LogP contribution in [0.15, 0.2) is 12.2 Å². The zero-order valence-corrected chi connectivity index (χ0v) is 24.2. The standard InChI is InChI=1S/C29H56O4Si/c1-6-10-14-15-16-17-18-19-20-21-22-32-28(30)26-27(5)29(31)33-34(23-11-7-2,24-12-8-3)25-13-9-4/h5-26H2,1-4H3. The number of carbonyl (C=O) groups is 2. The van der Waals surface area contributed by atoms with E-state index in [0.717, 1.165) is 69.5 Å². The van der Waals surface area contributed by atoms with Crippen molar-refractivity contribution in [2.24, 2.45) is 0 Å². The number of hydrogen-bond donors (Lipinski definition) is 0. The average Bonchev–Trinajstić information content (AvgIpc) is 2.83. The summed E-state index contributed by atoms with van der Waals surface area (Å²) < 4.78 is 11.6. The van der Waals surface area contributed by atoms with Gasteiger partial charge in [-0.1, -0.05) is 131 Å². The Hall–Kier alpha value is -1.10. The van der Waals surface area contributed by atoms with E-state index in [1.54, 1.807) is 0 Å². The van der Waals surface area contributed by atoms with Crippen LogP contribution in [0.4, 0.5) is 0 Å². The van der Waals surface area contributed by atoms with Crippen LogP contribution in [0.2, 0.25) is 18.1 Å². The molecule has 0 saturated carbocycles. The summed E-state index contributed by atoms with van der Waals surface area (Å²) in [7, 11) is -2.15. The van der Waals surface area contributed by atoms with Gasteiger partial charge in [-0.2, -0.15) is 0 Å². The lowest BCUT2D eigenvalue weighted by molar-refractivity contribution is -0.144. The van der Waals surface area contributed by atoms with E-state index in [4.69, 9.17) is 9.16 Å². The van der Waals surface area contributed by atoms with Gasteiger partial charge in [0.25, 0.3) is 8.32 Å². The van der Waals surface area contributed by atoms with Crippen molar-refractivity contribution in [2.45, 2.75) is 155 Å². The predicted octanol–water partition coefficient (Wildman–Crippen LogP) is 9.29. The van der Waals surface area contributed by atoms with Crippen molar-refractivity contribution >= 4 is 20.3 Å². The Labute approximate surface area is 212 Å². The van der Waals surface area contributed by atoms with Gasteiger partial charge in [0.15, 0.2) is 0 Å². The Kier molecular flexibility index (Phi) is 21.6. The number of ether oxygens (including phenoxy) is 1. The first-order valence-corrected chi connectivity index (χ1v) is 17.0. The van der Waals surface area contributed by atoms with E-state index in [2.05, 4.69) is 34.3 Å². The Morgan fingerprint density at radius 1 is 0.618 bits per heavy atom. The van der Waals surface area contributed by atoms with Gasteiger partial charge in [0.2, 0.25) is 0 Å². The lowest BCUT2D eigenvalue weighted by Crippen LogP contribution is -2.41. The predicted molar refractivity (Wildman–Crippen MR) is 148 cm³/mol. The molecule has 0 N–H and O–H groups in total. The van der Waals surface area contributed by atoms with Gasteiger partial charge in [-0.25, -0.2) is 4.79 Å². The van der Waals surface area contributed by atoms with Crippen LogP contribution in [0.25, 0.3) is 0 Å². The Bertz CT molecular complexity index is 510. The maximum absolute atomic E-state index is 12.8. The molecule has 0 atom stereocenters. The third-order valence-electron chi connectivity index (χ3n) is 6.67. The minimum Gasteiger partial charge on any atom is -0.516 e. The molecule has 0 rings (SSSR count). The van der Waals surface area contributed by atoms with E-state index >= 15 is 0 Å². The molecular weight excluding hydrogens is 440 g/mol. The third-order valence-corrected chi connectivity index (χ3v) is 11.1. The molecule has 0 amide bonds. The third kappa shape index (κ3) is 17.3. The lowest BCUT2D eigenvalue weighted by atomic mass is 10.1. The molecule has 0 bridgehead atoms. The first kappa shape index (κ1) is 32.9. The van der Waals surface area contributed by atoms with Crippen molar-refractivity contribution in [3.63, 3.8) is 0 Å². The minimum atomic E-state index is -2.15. The molecule has 0 fully saturated rings. The van der Waals surface area contributed by atoms with Gasteiger partial charge in [-0.05, 0) is 24.6 Å². The van der Waals surface area contributed by atoms with Gasteiger partial charge in [-0.15, -0.1) is 0 Å². The lowest BCUT2D eigenvalue weighted by Gasteiger charge is -2.31. The molecule has 0 radical (unpaired) electrons. The van der Waals surface area contributed by atoms with Crippen molar-refractivity contribution in [2.75, 3.05) is 6.61 Å². The highest BCUT2D eigenvalue weighted by atomic mass is 28.4. The van der Waals surface area contributed by atoms with Gasteiger partial charge >= 0.3 is 11.9 Å². The molecule has 200 valence electrons. The van der Waals surface area contributed by atoms with Crippen LogP contribution in [0, 0.1) is 0 Å². The number of carbonyl (C=O) groups excluding carboxylic acids is 2. The molecule has 0 aromatic heterocycles. The Morgan fingerprint density at radius 2 is 1.03 bits per heavy atom. The Balaban J connectivity index is 4.30. The molecule has 0 aliphatic rings. The smallest absolute Gasteiger partial charge is 0.320 e. The quantitative estimate of drug-likeness (QED) is 0.0578. The summed E-state index contributed by atoms with van der Waals surface area (Å²) in [4.78, 5) is 25.1. The molecule has 34 heavy (non-hydrogen) atoms. The molecule has 0 unspecified atom stereocenters. The van der Waals surface area contributed by atoms with Gasteiger partial charge < -0.3 is 9.16 Å². The van der Waals surface area contributed by atoms with E-state index in [1.807, 2.05) is 0 Å². The van der Waals surface area contributed by atoms with Crippen molar-refractivity contribution in [1.82, 2.24) is 0 Å². The summed E-state index contributed by atoms with van der Waals surface area (Å²) in [6.07, 6.45) is 19.0. The first-order chi connectivity index (χ1) is 16.4. The van der Waals surface area contributed by atoms with Crippen LogP contribution in [0.3, 0.4) is 0 Å². The van der Waals surface area contributed by atoms with Gasteiger partial charge in [0, 0.05) is 5.57 Å². The van der Waals surface area contributed by atoms with E-state index in [-0.39, 0.29) is 23.9 Å². The highest BCUT2D eigenvalue weighted by Gasteiger charge is 2.37. The molecule has 0 spiro atoms. The highest BCUT2D eigenvalue weighted by Crippen LogP contribution is 2.30.